The molecule has 0 aliphatic heterocycles. The Morgan fingerprint density at radius 3 is 2.47 bits per heavy atom. The van der Waals surface area contributed by atoms with Crippen LogP contribution in [-0.4, -0.2) is 12.9 Å². The van der Waals surface area contributed by atoms with Crippen LogP contribution in [0.5, 0.6) is 5.75 Å². The van der Waals surface area contributed by atoms with Crippen molar-refractivity contribution in [3.63, 3.8) is 0 Å². The number of ether oxygens (including phenoxy) is 1. The maximum Gasteiger partial charge on any atom is 0.194 e. The van der Waals surface area contributed by atoms with Crippen molar-refractivity contribution in [2.75, 3.05) is 7.11 Å². The van der Waals surface area contributed by atoms with E-state index in [0.717, 1.165) is 22.4 Å². The van der Waals surface area contributed by atoms with Crippen LogP contribution in [0, 0.1) is 13.8 Å². The normalized spacial score (nSPS) is 10.3. The molecule has 0 aliphatic rings. The van der Waals surface area contributed by atoms with Crippen LogP contribution in [0.1, 0.15) is 27.0 Å². The van der Waals surface area contributed by atoms with Gasteiger partial charge < -0.3 is 4.74 Å². The number of methoxy groups -OCH3 is 1. The summed E-state index contributed by atoms with van der Waals surface area (Å²) in [6.07, 6.45) is 0. The summed E-state index contributed by atoms with van der Waals surface area (Å²) >= 11 is 1.56. The average Bonchev–Trinajstić information content (AvgIpc) is 2.74. The first-order chi connectivity index (χ1) is 8.13. The summed E-state index contributed by atoms with van der Waals surface area (Å²) in [6.45, 7) is 3.90. The van der Waals surface area contributed by atoms with Gasteiger partial charge in [-0.2, -0.15) is 11.3 Å². The molecule has 0 saturated heterocycles. The first-order valence-electron chi connectivity index (χ1n) is 5.35. The molecule has 0 fully saturated rings. The lowest BCUT2D eigenvalue weighted by atomic mass is 10.0. The Bertz CT molecular complexity index is 555. The number of carbonyl (C=O) groups excluding carboxylic acids is 1. The molecule has 3 heteroatoms. The second-order valence-corrected chi connectivity index (χ2v) is 4.73. The second kappa shape index (κ2) is 4.72. The number of hydrogen-bond donors (Lipinski definition) is 0. The van der Waals surface area contributed by atoms with Gasteiger partial charge in [0, 0.05) is 16.5 Å². The van der Waals surface area contributed by atoms with Gasteiger partial charge in [-0.15, -0.1) is 0 Å². The monoisotopic (exact) mass is 246 g/mol. The largest absolute Gasteiger partial charge is 0.496 e. The van der Waals surface area contributed by atoms with Crippen molar-refractivity contribution in [3.8, 4) is 5.75 Å². The summed E-state index contributed by atoms with van der Waals surface area (Å²) in [5.74, 6) is 0.887. The van der Waals surface area contributed by atoms with Crippen LogP contribution >= 0.6 is 11.3 Å². The first kappa shape index (κ1) is 11.9. The lowest BCUT2D eigenvalue weighted by molar-refractivity contribution is 0.103. The third-order valence-electron chi connectivity index (χ3n) is 2.76. The third kappa shape index (κ3) is 2.24. The molecule has 2 nitrogen and oxygen atoms in total. The van der Waals surface area contributed by atoms with Gasteiger partial charge in [-0.3, -0.25) is 4.79 Å². The minimum absolute atomic E-state index is 0.0782. The van der Waals surface area contributed by atoms with Crippen LogP contribution in [0.2, 0.25) is 0 Å². The van der Waals surface area contributed by atoms with Crippen LogP contribution in [0.3, 0.4) is 0 Å². The maximum atomic E-state index is 12.2. The molecular formula is C14H14O2S. The molecule has 2 aromatic rings. The SMILES string of the molecule is COc1ccc(C(=O)c2cscc2C)cc1C. The number of hydrogen-bond acceptors (Lipinski definition) is 3. The van der Waals surface area contributed by atoms with Crippen LogP contribution in [0.15, 0.2) is 29.0 Å². The molecule has 1 aromatic heterocycles. The molecule has 0 bridgehead atoms. The predicted molar refractivity (Wildman–Crippen MR) is 70.2 cm³/mol. The zero-order valence-corrected chi connectivity index (χ0v) is 10.9. The van der Waals surface area contributed by atoms with Gasteiger partial charge >= 0.3 is 0 Å². The molecule has 0 amide bonds. The summed E-state index contributed by atoms with van der Waals surface area (Å²) < 4.78 is 5.18. The molecule has 0 atom stereocenters. The Morgan fingerprint density at radius 2 is 1.94 bits per heavy atom. The molecule has 17 heavy (non-hydrogen) atoms. The summed E-state index contributed by atoms with van der Waals surface area (Å²) in [5, 5.41) is 3.89. The Labute approximate surface area is 105 Å². The average molecular weight is 246 g/mol. The minimum atomic E-state index is 0.0782. The summed E-state index contributed by atoms with van der Waals surface area (Å²) in [6, 6.07) is 5.52. The van der Waals surface area contributed by atoms with Crippen molar-refractivity contribution in [1.82, 2.24) is 0 Å². The number of benzene rings is 1. The topological polar surface area (TPSA) is 26.3 Å². The fraction of sp³-hybridized carbons (Fsp3) is 0.214. The van der Waals surface area contributed by atoms with Gasteiger partial charge in [0.2, 0.25) is 0 Å². The number of aryl methyl sites for hydroxylation is 2. The van der Waals surface area contributed by atoms with Gasteiger partial charge in [0.1, 0.15) is 5.75 Å². The fourth-order valence-corrected chi connectivity index (χ4v) is 2.60. The molecule has 88 valence electrons. The van der Waals surface area contributed by atoms with Crippen LogP contribution in [0.25, 0.3) is 0 Å². The Balaban J connectivity index is 2.39. The first-order valence-corrected chi connectivity index (χ1v) is 6.30. The van der Waals surface area contributed by atoms with E-state index in [1.165, 1.54) is 0 Å². The molecule has 0 spiro atoms. The highest BCUT2D eigenvalue weighted by Gasteiger charge is 2.13. The second-order valence-electron chi connectivity index (χ2n) is 3.98. The predicted octanol–water partition coefficient (Wildman–Crippen LogP) is 3.60. The van der Waals surface area contributed by atoms with E-state index < -0.39 is 0 Å². The van der Waals surface area contributed by atoms with Gasteiger partial charge in [0.05, 0.1) is 7.11 Å². The third-order valence-corrected chi connectivity index (χ3v) is 3.62. The quantitative estimate of drug-likeness (QED) is 0.773. The van der Waals surface area contributed by atoms with Gasteiger partial charge in [0.25, 0.3) is 0 Å². The summed E-state index contributed by atoms with van der Waals surface area (Å²) in [4.78, 5) is 12.2. The van der Waals surface area contributed by atoms with Crippen molar-refractivity contribution in [3.05, 3.63) is 51.2 Å². The highest BCUT2D eigenvalue weighted by molar-refractivity contribution is 7.08. The van der Waals surface area contributed by atoms with E-state index in [-0.39, 0.29) is 5.78 Å². The van der Waals surface area contributed by atoms with Gasteiger partial charge in [-0.25, -0.2) is 0 Å². The lowest BCUT2D eigenvalue weighted by Gasteiger charge is -2.06. The van der Waals surface area contributed by atoms with E-state index in [9.17, 15) is 4.79 Å². The van der Waals surface area contributed by atoms with Crippen LogP contribution < -0.4 is 4.74 Å². The molecular weight excluding hydrogens is 232 g/mol. The summed E-state index contributed by atoms with van der Waals surface area (Å²) in [7, 11) is 1.63. The highest BCUT2D eigenvalue weighted by atomic mass is 32.1. The molecule has 0 aliphatic carbocycles. The zero-order valence-electron chi connectivity index (χ0n) is 10.1. The smallest absolute Gasteiger partial charge is 0.194 e. The van der Waals surface area contributed by atoms with Crippen LogP contribution in [0.4, 0.5) is 0 Å². The van der Waals surface area contributed by atoms with E-state index in [0.29, 0.717) is 5.56 Å². The van der Waals surface area contributed by atoms with Gasteiger partial charge in [0.15, 0.2) is 5.78 Å². The summed E-state index contributed by atoms with van der Waals surface area (Å²) in [5.41, 5.74) is 3.52. The zero-order chi connectivity index (χ0) is 12.4. The standard InChI is InChI=1S/C14H14O2S/c1-9-6-11(4-5-13(9)16-3)14(15)12-8-17-7-10(12)2/h4-8H,1-3H3. The van der Waals surface area contributed by atoms with E-state index >= 15 is 0 Å². The Kier molecular flexibility index (Phi) is 3.29. The van der Waals surface area contributed by atoms with E-state index in [1.54, 1.807) is 18.4 Å². The number of thiophene rings is 1. The van der Waals surface area contributed by atoms with Gasteiger partial charge in [-0.1, -0.05) is 0 Å². The molecule has 1 aromatic carbocycles. The fourth-order valence-electron chi connectivity index (χ4n) is 1.77. The lowest BCUT2D eigenvalue weighted by Crippen LogP contribution is -2.02. The highest BCUT2D eigenvalue weighted by Crippen LogP contribution is 2.22. The van der Waals surface area contributed by atoms with Crippen molar-refractivity contribution < 1.29 is 9.53 Å². The van der Waals surface area contributed by atoms with E-state index in [4.69, 9.17) is 4.74 Å². The van der Waals surface area contributed by atoms with Crippen molar-refractivity contribution in [2.45, 2.75) is 13.8 Å². The Morgan fingerprint density at radius 1 is 1.18 bits per heavy atom. The Hall–Kier alpha value is -1.61. The molecule has 1 heterocycles. The van der Waals surface area contributed by atoms with Crippen molar-refractivity contribution in [2.24, 2.45) is 0 Å². The molecule has 0 radical (unpaired) electrons. The molecule has 0 unspecified atom stereocenters. The van der Waals surface area contributed by atoms with Crippen molar-refractivity contribution in [1.29, 1.82) is 0 Å². The maximum absolute atomic E-state index is 12.2. The van der Waals surface area contributed by atoms with Crippen LogP contribution in [-0.2, 0) is 0 Å². The molecule has 0 saturated carbocycles. The van der Waals surface area contributed by atoms with E-state index in [2.05, 4.69) is 0 Å². The van der Waals surface area contributed by atoms with Crippen molar-refractivity contribution >= 4 is 17.1 Å². The molecule has 2 rings (SSSR count). The van der Waals surface area contributed by atoms with E-state index in [1.807, 2.05) is 42.8 Å². The number of rotatable bonds is 3. The minimum Gasteiger partial charge on any atom is -0.496 e. The van der Waals surface area contributed by atoms with Gasteiger partial charge in [-0.05, 0) is 48.6 Å². The number of ketones is 1. The molecule has 0 N–H and O–H groups in total. The number of carbonyl (C=O) groups is 1.